The average molecular weight is 289 g/mol. The van der Waals surface area contributed by atoms with Crippen molar-refractivity contribution in [3.05, 3.63) is 23.9 Å². The summed E-state index contributed by atoms with van der Waals surface area (Å²) in [7, 11) is 5.36. The molecule has 0 aliphatic carbocycles. The highest BCUT2D eigenvalue weighted by molar-refractivity contribution is 6.39. The Morgan fingerprint density at radius 3 is 2.86 bits per heavy atom. The fourth-order valence-electron chi connectivity index (χ4n) is 2.08. The van der Waals surface area contributed by atoms with Crippen molar-refractivity contribution in [1.82, 2.24) is 15.3 Å². The minimum atomic E-state index is -0.247. The zero-order chi connectivity index (χ0) is 15.4. The standard InChI is InChI=1S/C14H19N5O2/c1-18(2)13-10(5-4-8-15-13)9-16-14(21)11-6-7-12(20)19(3)17-11/h4-5,8H,6-7,9H2,1-3H3,(H,16,21). The summed E-state index contributed by atoms with van der Waals surface area (Å²) in [6.07, 6.45) is 2.41. The van der Waals surface area contributed by atoms with Gasteiger partial charge in [-0.2, -0.15) is 5.10 Å². The van der Waals surface area contributed by atoms with Gasteiger partial charge in [0.05, 0.1) is 0 Å². The molecule has 1 aliphatic rings. The second-order valence-electron chi connectivity index (χ2n) is 5.03. The lowest BCUT2D eigenvalue weighted by Gasteiger charge is -2.19. The Hall–Kier alpha value is -2.44. The topological polar surface area (TPSA) is 77.9 Å². The maximum absolute atomic E-state index is 12.1. The zero-order valence-corrected chi connectivity index (χ0v) is 12.5. The first kappa shape index (κ1) is 15.0. The van der Waals surface area contributed by atoms with Crippen molar-refractivity contribution < 1.29 is 9.59 Å². The van der Waals surface area contributed by atoms with Gasteiger partial charge in [0.1, 0.15) is 11.5 Å². The third kappa shape index (κ3) is 3.56. The van der Waals surface area contributed by atoms with E-state index in [0.29, 0.717) is 25.1 Å². The smallest absolute Gasteiger partial charge is 0.267 e. The van der Waals surface area contributed by atoms with E-state index in [9.17, 15) is 9.59 Å². The van der Waals surface area contributed by atoms with Gasteiger partial charge in [-0.05, 0) is 6.07 Å². The molecule has 7 nitrogen and oxygen atoms in total. The van der Waals surface area contributed by atoms with E-state index in [1.54, 1.807) is 13.2 Å². The van der Waals surface area contributed by atoms with Crippen molar-refractivity contribution in [3.8, 4) is 0 Å². The normalized spacial score (nSPS) is 14.7. The van der Waals surface area contributed by atoms with Gasteiger partial charge in [-0.25, -0.2) is 9.99 Å². The van der Waals surface area contributed by atoms with Crippen LogP contribution in [0, 0.1) is 0 Å². The van der Waals surface area contributed by atoms with E-state index >= 15 is 0 Å². The number of rotatable bonds is 4. The molecule has 21 heavy (non-hydrogen) atoms. The average Bonchev–Trinajstić information content (AvgIpc) is 2.47. The number of carbonyl (C=O) groups excluding carboxylic acids is 2. The number of nitrogens with one attached hydrogen (secondary N) is 1. The van der Waals surface area contributed by atoms with Gasteiger partial charge in [-0.3, -0.25) is 9.59 Å². The van der Waals surface area contributed by atoms with Gasteiger partial charge in [-0.15, -0.1) is 0 Å². The van der Waals surface area contributed by atoms with Crippen molar-refractivity contribution in [1.29, 1.82) is 0 Å². The number of nitrogens with zero attached hydrogens (tertiary/aromatic N) is 4. The van der Waals surface area contributed by atoms with E-state index in [1.807, 2.05) is 31.1 Å². The summed E-state index contributed by atoms with van der Waals surface area (Å²) in [4.78, 5) is 29.6. The Balaban J connectivity index is 2.02. The van der Waals surface area contributed by atoms with E-state index in [4.69, 9.17) is 0 Å². The van der Waals surface area contributed by atoms with E-state index in [2.05, 4.69) is 15.4 Å². The first-order valence-electron chi connectivity index (χ1n) is 6.72. The molecular weight excluding hydrogens is 270 g/mol. The molecule has 0 aromatic carbocycles. The lowest BCUT2D eigenvalue weighted by molar-refractivity contribution is -0.130. The summed E-state index contributed by atoms with van der Waals surface area (Å²) >= 11 is 0. The van der Waals surface area contributed by atoms with Crippen molar-refractivity contribution >= 4 is 23.3 Å². The molecule has 112 valence electrons. The molecule has 0 saturated heterocycles. The van der Waals surface area contributed by atoms with E-state index < -0.39 is 0 Å². The minimum Gasteiger partial charge on any atom is -0.362 e. The van der Waals surface area contributed by atoms with Crippen LogP contribution < -0.4 is 10.2 Å². The van der Waals surface area contributed by atoms with Crippen LogP contribution in [0.3, 0.4) is 0 Å². The molecule has 1 aromatic heterocycles. The van der Waals surface area contributed by atoms with Crippen LogP contribution >= 0.6 is 0 Å². The predicted molar refractivity (Wildman–Crippen MR) is 79.8 cm³/mol. The van der Waals surface area contributed by atoms with Crippen LogP contribution in [0.5, 0.6) is 0 Å². The van der Waals surface area contributed by atoms with Crippen LogP contribution in [0.25, 0.3) is 0 Å². The molecule has 2 amide bonds. The second kappa shape index (κ2) is 6.34. The predicted octanol–water partition coefficient (Wildman–Crippen LogP) is 0.372. The van der Waals surface area contributed by atoms with Crippen LogP contribution in [0.4, 0.5) is 5.82 Å². The Kier molecular flexibility index (Phi) is 4.52. The molecule has 7 heteroatoms. The minimum absolute atomic E-state index is 0.0753. The van der Waals surface area contributed by atoms with Crippen molar-refractivity contribution in [3.63, 3.8) is 0 Å². The van der Waals surface area contributed by atoms with Gasteiger partial charge in [0.2, 0.25) is 5.91 Å². The number of aromatic nitrogens is 1. The van der Waals surface area contributed by atoms with Crippen molar-refractivity contribution in [2.45, 2.75) is 19.4 Å². The van der Waals surface area contributed by atoms with E-state index in [0.717, 1.165) is 11.4 Å². The maximum atomic E-state index is 12.1. The molecule has 1 N–H and O–H groups in total. The first-order valence-corrected chi connectivity index (χ1v) is 6.72. The summed E-state index contributed by atoms with van der Waals surface area (Å²) in [6.45, 7) is 0.372. The monoisotopic (exact) mass is 289 g/mol. The number of carbonyl (C=O) groups is 2. The quantitative estimate of drug-likeness (QED) is 0.869. The van der Waals surface area contributed by atoms with Gasteiger partial charge >= 0.3 is 0 Å². The molecule has 0 atom stereocenters. The van der Waals surface area contributed by atoms with Crippen molar-refractivity contribution in [2.75, 3.05) is 26.0 Å². The summed E-state index contributed by atoms with van der Waals surface area (Å²) in [5, 5.41) is 8.04. The number of hydrogen-bond acceptors (Lipinski definition) is 5. The van der Waals surface area contributed by atoms with Crippen LogP contribution in [0.2, 0.25) is 0 Å². The van der Waals surface area contributed by atoms with Crippen LogP contribution in [0.1, 0.15) is 18.4 Å². The molecule has 2 rings (SSSR count). The number of hydrazone groups is 1. The maximum Gasteiger partial charge on any atom is 0.267 e. The second-order valence-corrected chi connectivity index (χ2v) is 5.03. The molecule has 0 saturated carbocycles. The molecule has 0 unspecified atom stereocenters. The molecular formula is C14H19N5O2. The highest BCUT2D eigenvalue weighted by Crippen LogP contribution is 2.14. The number of anilines is 1. The molecule has 0 spiro atoms. The third-order valence-electron chi connectivity index (χ3n) is 3.20. The molecule has 2 heterocycles. The molecule has 1 aromatic rings. The van der Waals surface area contributed by atoms with Gasteiger partial charge < -0.3 is 10.2 Å². The van der Waals surface area contributed by atoms with Crippen LogP contribution in [-0.2, 0) is 16.1 Å². The largest absolute Gasteiger partial charge is 0.362 e. The van der Waals surface area contributed by atoms with Crippen LogP contribution in [-0.4, -0.2) is 48.7 Å². The van der Waals surface area contributed by atoms with E-state index in [-0.39, 0.29) is 11.8 Å². The van der Waals surface area contributed by atoms with Gasteiger partial charge in [-0.1, -0.05) is 6.07 Å². The highest BCUT2D eigenvalue weighted by atomic mass is 16.2. The highest BCUT2D eigenvalue weighted by Gasteiger charge is 2.21. The Morgan fingerprint density at radius 1 is 1.43 bits per heavy atom. The first-order chi connectivity index (χ1) is 9.99. The molecule has 0 bridgehead atoms. The fourth-order valence-corrected chi connectivity index (χ4v) is 2.08. The zero-order valence-electron chi connectivity index (χ0n) is 12.5. The molecule has 1 aliphatic heterocycles. The van der Waals surface area contributed by atoms with Crippen LogP contribution in [0.15, 0.2) is 23.4 Å². The number of amides is 2. The molecule has 0 radical (unpaired) electrons. The Morgan fingerprint density at radius 2 is 2.19 bits per heavy atom. The lowest BCUT2D eigenvalue weighted by atomic mass is 10.1. The summed E-state index contributed by atoms with van der Waals surface area (Å²) in [5.41, 5.74) is 1.31. The third-order valence-corrected chi connectivity index (χ3v) is 3.20. The Bertz CT molecular complexity index is 582. The molecule has 0 fully saturated rings. The summed E-state index contributed by atoms with van der Waals surface area (Å²) in [5.74, 6) is 0.493. The Labute approximate surface area is 123 Å². The van der Waals surface area contributed by atoms with Gasteiger partial charge in [0.25, 0.3) is 5.91 Å². The number of hydrogen-bond donors (Lipinski definition) is 1. The van der Waals surface area contributed by atoms with E-state index in [1.165, 1.54) is 5.01 Å². The SMILES string of the molecule is CN1N=C(C(=O)NCc2cccnc2N(C)C)CCC1=O. The van der Waals surface area contributed by atoms with Gasteiger partial charge in [0.15, 0.2) is 0 Å². The summed E-state index contributed by atoms with van der Waals surface area (Å²) < 4.78 is 0. The van der Waals surface area contributed by atoms with Crippen molar-refractivity contribution in [2.24, 2.45) is 5.10 Å². The lowest BCUT2D eigenvalue weighted by Crippen LogP contribution is -2.37. The fraction of sp³-hybridized carbons (Fsp3) is 0.429. The van der Waals surface area contributed by atoms with Gasteiger partial charge in [0, 0.05) is 52.3 Å². The number of pyridine rings is 1. The summed E-state index contributed by atoms with van der Waals surface area (Å²) in [6, 6.07) is 3.75.